The van der Waals surface area contributed by atoms with E-state index in [9.17, 15) is 4.21 Å². The maximum atomic E-state index is 11.3. The van der Waals surface area contributed by atoms with Crippen molar-refractivity contribution in [3.63, 3.8) is 0 Å². The summed E-state index contributed by atoms with van der Waals surface area (Å²) in [6, 6.07) is 1.73. The predicted octanol–water partition coefficient (Wildman–Crippen LogP) is 0.715. The van der Waals surface area contributed by atoms with Crippen molar-refractivity contribution >= 4 is 16.9 Å². The molecule has 1 N–H and O–H groups in total. The molecule has 1 aliphatic carbocycles. The molecule has 1 fully saturated rings. The Bertz CT molecular complexity index is 286. The zero-order chi connectivity index (χ0) is 8.39. The van der Waals surface area contributed by atoms with Crippen molar-refractivity contribution in [2.24, 2.45) is 0 Å². The van der Waals surface area contributed by atoms with Gasteiger partial charge in [-0.2, -0.15) is 0 Å². The molecule has 1 aliphatic rings. The van der Waals surface area contributed by atoms with Crippen molar-refractivity contribution < 1.29 is 4.21 Å². The molecule has 1 aromatic heterocycles. The fourth-order valence-corrected chi connectivity index (χ4v) is 1.82. The van der Waals surface area contributed by atoms with Gasteiger partial charge in [-0.3, -0.25) is 4.72 Å². The highest BCUT2D eigenvalue weighted by Gasteiger charge is 2.28. The van der Waals surface area contributed by atoms with Gasteiger partial charge in [0.25, 0.3) is 0 Å². The first kappa shape index (κ1) is 7.67. The molecule has 1 unspecified atom stereocenters. The molecule has 1 heterocycles. The Kier molecular flexibility index (Phi) is 2.03. The second-order valence-electron chi connectivity index (χ2n) is 2.67. The molecular formula is C7H9N3OS. The van der Waals surface area contributed by atoms with Gasteiger partial charge in [0.05, 0.1) is 5.25 Å². The average molecular weight is 183 g/mol. The van der Waals surface area contributed by atoms with Crippen LogP contribution in [0.1, 0.15) is 12.8 Å². The normalized spacial score (nSPS) is 18.7. The molecule has 0 aromatic carbocycles. The Labute approximate surface area is 73.0 Å². The molecule has 4 nitrogen and oxygen atoms in total. The molecule has 5 heteroatoms. The van der Waals surface area contributed by atoms with Gasteiger partial charge in [0.1, 0.15) is 11.0 Å². The van der Waals surface area contributed by atoms with Crippen molar-refractivity contribution in [1.29, 1.82) is 0 Å². The number of hydrogen-bond acceptors (Lipinski definition) is 3. The van der Waals surface area contributed by atoms with E-state index in [0.717, 1.165) is 12.8 Å². The van der Waals surface area contributed by atoms with Crippen LogP contribution in [-0.2, 0) is 11.0 Å². The first-order chi connectivity index (χ1) is 5.86. The van der Waals surface area contributed by atoms with E-state index in [2.05, 4.69) is 14.7 Å². The van der Waals surface area contributed by atoms with Crippen molar-refractivity contribution in [1.82, 2.24) is 9.97 Å². The maximum Gasteiger partial charge on any atom is 0.234 e. The number of nitrogens with one attached hydrogen (secondary N) is 1. The first-order valence-corrected chi connectivity index (χ1v) is 5.02. The van der Waals surface area contributed by atoms with E-state index in [1.54, 1.807) is 18.5 Å². The summed E-state index contributed by atoms with van der Waals surface area (Å²) in [5.41, 5.74) is 0. The zero-order valence-electron chi connectivity index (χ0n) is 6.43. The molecule has 0 bridgehead atoms. The number of rotatable bonds is 3. The minimum atomic E-state index is -0.987. The van der Waals surface area contributed by atoms with Crippen LogP contribution < -0.4 is 4.72 Å². The summed E-state index contributed by atoms with van der Waals surface area (Å²) < 4.78 is 14.0. The Morgan fingerprint density at radius 1 is 1.42 bits per heavy atom. The number of nitrogens with zero attached hydrogens (tertiary/aromatic N) is 2. The average Bonchev–Trinajstić information content (AvgIpc) is 2.88. The quantitative estimate of drug-likeness (QED) is 0.751. The van der Waals surface area contributed by atoms with Crippen LogP contribution in [-0.4, -0.2) is 19.4 Å². The molecule has 1 aromatic rings. The predicted molar refractivity (Wildman–Crippen MR) is 46.8 cm³/mol. The third-order valence-electron chi connectivity index (χ3n) is 1.58. The summed E-state index contributed by atoms with van der Waals surface area (Å²) in [4.78, 5) is 7.83. The van der Waals surface area contributed by atoms with E-state index in [-0.39, 0.29) is 0 Å². The van der Waals surface area contributed by atoms with Crippen molar-refractivity contribution in [3.8, 4) is 0 Å². The summed E-state index contributed by atoms with van der Waals surface area (Å²) in [6.07, 6.45) is 5.34. The van der Waals surface area contributed by atoms with Crippen LogP contribution in [0.25, 0.3) is 0 Å². The molecule has 0 saturated heterocycles. The zero-order valence-corrected chi connectivity index (χ0v) is 7.25. The van der Waals surface area contributed by atoms with Crippen molar-refractivity contribution in [2.45, 2.75) is 18.1 Å². The van der Waals surface area contributed by atoms with Crippen LogP contribution in [0, 0.1) is 0 Å². The largest absolute Gasteiger partial charge is 0.273 e. The molecule has 12 heavy (non-hydrogen) atoms. The van der Waals surface area contributed by atoms with Crippen LogP contribution in [0.3, 0.4) is 0 Å². The monoisotopic (exact) mass is 183 g/mol. The maximum absolute atomic E-state index is 11.3. The third-order valence-corrected chi connectivity index (χ3v) is 3.05. The van der Waals surface area contributed by atoms with E-state index >= 15 is 0 Å². The standard InChI is InChI=1S/C7H9N3OS/c11-12(6-2-3-6)10-7-8-4-1-5-9-7/h1,4-6H,2-3H2,(H,8,9,10). The molecular weight excluding hydrogens is 174 g/mol. The second-order valence-corrected chi connectivity index (χ2v) is 4.14. The first-order valence-electron chi connectivity index (χ1n) is 3.80. The lowest BCUT2D eigenvalue weighted by molar-refractivity contribution is 0.685. The highest BCUT2D eigenvalue weighted by Crippen LogP contribution is 2.25. The van der Waals surface area contributed by atoms with Crippen LogP contribution in [0.5, 0.6) is 0 Å². The lowest BCUT2D eigenvalue weighted by Gasteiger charge is -2.00. The topological polar surface area (TPSA) is 54.9 Å². The van der Waals surface area contributed by atoms with E-state index < -0.39 is 11.0 Å². The minimum Gasteiger partial charge on any atom is -0.273 e. The lowest BCUT2D eigenvalue weighted by atomic mass is 10.7. The van der Waals surface area contributed by atoms with Crippen molar-refractivity contribution in [3.05, 3.63) is 18.5 Å². The van der Waals surface area contributed by atoms with Gasteiger partial charge in [-0.1, -0.05) is 0 Å². The third kappa shape index (κ3) is 1.79. The van der Waals surface area contributed by atoms with Gasteiger partial charge in [-0.15, -0.1) is 0 Å². The minimum absolute atomic E-state index is 0.314. The Morgan fingerprint density at radius 3 is 2.67 bits per heavy atom. The molecule has 0 amide bonds. The van der Waals surface area contributed by atoms with E-state index in [0.29, 0.717) is 11.2 Å². The summed E-state index contributed by atoms with van der Waals surface area (Å²) in [5, 5.41) is 0.314. The van der Waals surface area contributed by atoms with Gasteiger partial charge in [0.2, 0.25) is 5.95 Å². The SMILES string of the molecule is O=S(Nc1ncccn1)C1CC1. The molecule has 0 spiro atoms. The smallest absolute Gasteiger partial charge is 0.234 e. The van der Waals surface area contributed by atoms with Gasteiger partial charge in [-0.05, 0) is 18.9 Å². The van der Waals surface area contributed by atoms with Crippen LogP contribution >= 0.6 is 0 Å². The molecule has 0 radical (unpaired) electrons. The van der Waals surface area contributed by atoms with Gasteiger partial charge >= 0.3 is 0 Å². The molecule has 2 rings (SSSR count). The van der Waals surface area contributed by atoms with E-state index in [1.165, 1.54) is 0 Å². The van der Waals surface area contributed by atoms with Crippen LogP contribution in [0.4, 0.5) is 5.95 Å². The highest BCUT2D eigenvalue weighted by molar-refractivity contribution is 7.87. The number of anilines is 1. The molecule has 1 saturated carbocycles. The molecule has 0 aliphatic heterocycles. The molecule has 64 valence electrons. The van der Waals surface area contributed by atoms with Crippen LogP contribution in [0.2, 0.25) is 0 Å². The number of hydrogen-bond donors (Lipinski definition) is 1. The van der Waals surface area contributed by atoms with Crippen molar-refractivity contribution in [2.75, 3.05) is 4.72 Å². The number of aromatic nitrogens is 2. The Hall–Kier alpha value is -0.970. The highest BCUT2D eigenvalue weighted by atomic mass is 32.2. The summed E-state index contributed by atoms with van der Waals surface area (Å²) >= 11 is 0. The van der Waals surface area contributed by atoms with Gasteiger partial charge in [0.15, 0.2) is 0 Å². The fraction of sp³-hybridized carbons (Fsp3) is 0.429. The van der Waals surface area contributed by atoms with Gasteiger partial charge in [-0.25, -0.2) is 14.2 Å². The van der Waals surface area contributed by atoms with Gasteiger partial charge < -0.3 is 0 Å². The lowest BCUT2D eigenvalue weighted by Crippen LogP contribution is -2.10. The fourth-order valence-electron chi connectivity index (χ4n) is 0.807. The summed E-state index contributed by atoms with van der Waals surface area (Å²) in [7, 11) is -0.987. The second kappa shape index (κ2) is 3.18. The van der Waals surface area contributed by atoms with Crippen LogP contribution in [0.15, 0.2) is 18.5 Å². The molecule has 1 atom stereocenters. The van der Waals surface area contributed by atoms with E-state index in [1.807, 2.05) is 0 Å². The summed E-state index contributed by atoms with van der Waals surface area (Å²) in [6.45, 7) is 0. The Balaban J connectivity index is 1.98. The Morgan fingerprint density at radius 2 is 2.08 bits per heavy atom. The van der Waals surface area contributed by atoms with E-state index in [4.69, 9.17) is 0 Å². The van der Waals surface area contributed by atoms with Gasteiger partial charge in [0, 0.05) is 12.4 Å². The summed E-state index contributed by atoms with van der Waals surface area (Å²) in [5.74, 6) is 0.447.